The van der Waals surface area contributed by atoms with E-state index < -0.39 is 0 Å². The van der Waals surface area contributed by atoms with Crippen LogP contribution in [0.25, 0.3) is 0 Å². The topological polar surface area (TPSA) is 54.9 Å². The monoisotopic (exact) mass is 333 g/mol. The predicted octanol–water partition coefficient (Wildman–Crippen LogP) is 1.23. The van der Waals surface area contributed by atoms with Gasteiger partial charge in [0.1, 0.15) is 12.2 Å². The van der Waals surface area contributed by atoms with Crippen molar-refractivity contribution in [1.82, 2.24) is 14.8 Å². The quantitative estimate of drug-likeness (QED) is 0.811. The first kappa shape index (κ1) is 17.3. The fourth-order valence-corrected chi connectivity index (χ4v) is 3.58. The van der Waals surface area contributed by atoms with Gasteiger partial charge in [-0.05, 0) is 46.0 Å². The molecular weight excluding hydrogens is 306 g/mol. The third-order valence-electron chi connectivity index (χ3n) is 4.64. The number of ether oxygens (including phenoxy) is 2. The highest BCUT2D eigenvalue weighted by Gasteiger charge is 2.46. The van der Waals surface area contributed by atoms with Gasteiger partial charge in [-0.15, -0.1) is 0 Å². The summed E-state index contributed by atoms with van der Waals surface area (Å²) in [6.45, 7) is 4.21. The highest BCUT2D eigenvalue weighted by molar-refractivity contribution is 5.79. The maximum Gasteiger partial charge on any atom is 0.237 e. The van der Waals surface area contributed by atoms with Crippen LogP contribution in [-0.2, 0) is 20.9 Å². The third kappa shape index (κ3) is 3.94. The molecule has 2 aliphatic heterocycles. The van der Waals surface area contributed by atoms with Gasteiger partial charge in [0.25, 0.3) is 0 Å². The second-order valence-electron chi connectivity index (χ2n) is 6.95. The fraction of sp³-hybridized carbons (Fsp3) is 0.667. The molecule has 6 heteroatoms. The van der Waals surface area contributed by atoms with Gasteiger partial charge < -0.3 is 19.3 Å². The van der Waals surface area contributed by atoms with Gasteiger partial charge in [0.15, 0.2) is 0 Å². The molecule has 2 saturated heterocycles. The molecule has 0 radical (unpaired) electrons. The first-order chi connectivity index (χ1) is 11.5. The Labute approximate surface area is 143 Å². The molecule has 6 nitrogen and oxygen atoms in total. The number of rotatable bonds is 5. The molecule has 1 aromatic rings. The number of amides is 1. The lowest BCUT2D eigenvalue weighted by Crippen LogP contribution is -2.46. The van der Waals surface area contributed by atoms with Crippen molar-refractivity contribution in [2.75, 3.05) is 33.8 Å². The van der Waals surface area contributed by atoms with Gasteiger partial charge in [0.05, 0.1) is 24.9 Å². The molecule has 3 rings (SSSR count). The van der Waals surface area contributed by atoms with Crippen molar-refractivity contribution in [3.8, 4) is 0 Å². The van der Waals surface area contributed by atoms with Crippen LogP contribution < -0.4 is 0 Å². The van der Waals surface area contributed by atoms with Crippen LogP contribution in [0.3, 0.4) is 0 Å². The second kappa shape index (κ2) is 7.59. The van der Waals surface area contributed by atoms with E-state index in [1.165, 1.54) is 0 Å². The van der Waals surface area contributed by atoms with E-state index in [1.54, 1.807) is 0 Å². The van der Waals surface area contributed by atoms with Gasteiger partial charge in [-0.3, -0.25) is 9.78 Å². The second-order valence-corrected chi connectivity index (χ2v) is 6.95. The zero-order chi connectivity index (χ0) is 17.1. The maximum atomic E-state index is 12.5. The van der Waals surface area contributed by atoms with Crippen LogP contribution in [-0.4, -0.2) is 72.7 Å². The lowest BCUT2D eigenvalue weighted by molar-refractivity contribution is -0.135. The summed E-state index contributed by atoms with van der Waals surface area (Å²) < 4.78 is 12.1. The molecule has 3 atom stereocenters. The molecule has 0 N–H and O–H groups in total. The molecule has 0 saturated carbocycles. The standard InChI is InChI=1S/C18H27N3O3/c1-13-6-4-7-14(19-13)12-24-16-10-21(17(22)11-20(2)3)15-8-5-9-23-18(15)16/h4,6-7,15-16,18H,5,8-12H2,1-3H3/t15-,16+,18+/m1/s1. The predicted molar refractivity (Wildman–Crippen MR) is 90.6 cm³/mol. The van der Waals surface area contributed by atoms with Crippen molar-refractivity contribution in [3.05, 3.63) is 29.6 Å². The van der Waals surface area contributed by atoms with E-state index in [0.29, 0.717) is 19.7 Å². The summed E-state index contributed by atoms with van der Waals surface area (Å²) in [7, 11) is 3.83. The Hall–Kier alpha value is -1.50. The minimum absolute atomic E-state index is 0.0188. The number of carbonyl (C=O) groups is 1. The molecule has 2 aliphatic rings. The van der Waals surface area contributed by atoms with Crippen LogP contribution in [0.4, 0.5) is 0 Å². The van der Waals surface area contributed by atoms with Crippen LogP contribution in [0.1, 0.15) is 24.2 Å². The molecule has 24 heavy (non-hydrogen) atoms. The average Bonchev–Trinajstić information content (AvgIpc) is 2.91. The van der Waals surface area contributed by atoms with Crippen LogP contribution in [0.15, 0.2) is 18.2 Å². The number of aryl methyl sites for hydroxylation is 1. The Morgan fingerprint density at radius 1 is 1.46 bits per heavy atom. The van der Waals surface area contributed by atoms with Crippen molar-refractivity contribution in [2.24, 2.45) is 0 Å². The highest BCUT2D eigenvalue weighted by Crippen LogP contribution is 2.31. The number of hydrogen-bond donors (Lipinski definition) is 0. The number of likely N-dealkylation sites (N-methyl/N-ethyl adjacent to an activating group) is 1. The summed E-state index contributed by atoms with van der Waals surface area (Å²) in [5.41, 5.74) is 1.90. The first-order valence-electron chi connectivity index (χ1n) is 8.64. The molecule has 3 heterocycles. The highest BCUT2D eigenvalue weighted by atomic mass is 16.5. The molecule has 1 aromatic heterocycles. The van der Waals surface area contributed by atoms with Crippen LogP contribution in [0.2, 0.25) is 0 Å². The Morgan fingerprint density at radius 3 is 3.04 bits per heavy atom. The molecule has 0 unspecified atom stereocenters. The van der Waals surface area contributed by atoms with Crippen molar-refractivity contribution in [1.29, 1.82) is 0 Å². The molecule has 0 aliphatic carbocycles. The van der Waals surface area contributed by atoms with Gasteiger partial charge in [-0.1, -0.05) is 6.07 Å². The lowest BCUT2D eigenvalue weighted by Gasteiger charge is -2.32. The molecule has 1 amide bonds. The van der Waals surface area contributed by atoms with E-state index in [4.69, 9.17) is 9.47 Å². The number of aromatic nitrogens is 1. The maximum absolute atomic E-state index is 12.5. The average molecular weight is 333 g/mol. The van der Waals surface area contributed by atoms with Gasteiger partial charge in [0.2, 0.25) is 5.91 Å². The van der Waals surface area contributed by atoms with E-state index >= 15 is 0 Å². The summed E-state index contributed by atoms with van der Waals surface area (Å²) in [5.74, 6) is 0.153. The van der Waals surface area contributed by atoms with Crippen molar-refractivity contribution < 1.29 is 14.3 Å². The molecular formula is C18H27N3O3. The van der Waals surface area contributed by atoms with Crippen molar-refractivity contribution >= 4 is 5.91 Å². The number of hydrogen-bond acceptors (Lipinski definition) is 5. The van der Waals surface area contributed by atoms with E-state index in [-0.39, 0.29) is 24.2 Å². The molecule has 2 fully saturated rings. The number of likely N-dealkylation sites (tertiary alicyclic amines) is 1. The molecule has 132 valence electrons. The fourth-order valence-electron chi connectivity index (χ4n) is 3.58. The summed E-state index contributed by atoms with van der Waals surface area (Å²) in [4.78, 5) is 20.9. The summed E-state index contributed by atoms with van der Waals surface area (Å²) in [5, 5.41) is 0. The minimum atomic E-state index is -0.0799. The SMILES string of the molecule is Cc1cccc(CO[C@H]2CN(C(=O)CN(C)C)[C@@H]3CCCO[C@H]23)n1. The third-order valence-corrected chi connectivity index (χ3v) is 4.64. The summed E-state index contributed by atoms with van der Waals surface area (Å²) in [6, 6.07) is 6.07. The summed E-state index contributed by atoms with van der Waals surface area (Å²) >= 11 is 0. The van der Waals surface area contributed by atoms with Crippen LogP contribution >= 0.6 is 0 Å². The van der Waals surface area contributed by atoms with Gasteiger partial charge in [-0.25, -0.2) is 0 Å². The Morgan fingerprint density at radius 2 is 2.29 bits per heavy atom. The Balaban J connectivity index is 1.65. The van der Waals surface area contributed by atoms with Crippen molar-refractivity contribution in [2.45, 2.75) is 44.6 Å². The van der Waals surface area contributed by atoms with Gasteiger partial charge in [-0.2, -0.15) is 0 Å². The van der Waals surface area contributed by atoms with Crippen molar-refractivity contribution in [3.63, 3.8) is 0 Å². The number of fused-ring (bicyclic) bond motifs is 1. The molecule has 0 spiro atoms. The van der Waals surface area contributed by atoms with E-state index in [0.717, 1.165) is 30.8 Å². The number of pyridine rings is 1. The number of carbonyl (C=O) groups excluding carboxylic acids is 1. The van der Waals surface area contributed by atoms with E-state index in [1.807, 2.05) is 49.0 Å². The zero-order valence-corrected chi connectivity index (χ0v) is 14.8. The van der Waals surface area contributed by atoms with Crippen LogP contribution in [0, 0.1) is 6.92 Å². The first-order valence-corrected chi connectivity index (χ1v) is 8.64. The van der Waals surface area contributed by atoms with E-state index in [9.17, 15) is 4.79 Å². The van der Waals surface area contributed by atoms with Gasteiger partial charge in [0, 0.05) is 18.8 Å². The summed E-state index contributed by atoms with van der Waals surface area (Å²) in [6.07, 6.45) is 1.89. The largest absolute Gasteiger partial charge is 0.373 e. The van der Waals surface area contributed by atoms with E-state index in [2.05, 4.69) is 4.98 Å². The normalized spacial score (nSPS) is 26.7. The number of nitrogens with zero attached hydrogens (tertiary/aromatic N) is 3. The zero-order valence-electron chi connectivity index (χ0n) is 14.8. The molecule has 0 bridgehead atoms. The lowest BCUT2D eigenvalue weighted by atomic mass is 10.0. The smallest absolute Gasteiger partial charge is 0.237 e. The molecule has 0 aromatic carbocycles. The van der Waals surface area contributed by atoms with Gasteiger partial charge >= 0.3 is 0 Å². The Kier molecular flexibility index (Phi) is 5.48. The minimum Gasteiger partial charge on any atom is -0.373 e. The van der Waals surface area contributed by atoms with Crippen LogP contribution in [0.5, 0.6) is 0 Å². The Bertz CT molecular complexity index is 578.